The van der Waals surface area contributed by atoms with Crippen LogP contribution in [-0.4, -0.2) is 13.1 Å². The number of methoxy groups -OCH3 is 1. The number of esters is 1. The van der Waals surface area contributed by atoms with Gasteiger partial charge in [-0.05, 0) is 36.5 Å². The minimum Gasteiger partial charge on any atom is -0.469 e. The van der Waals surface area contributed by atoms with Gasteiger partial charge in [0.1, 0.15) is 0 Å². The third-order valence-corrected chi connectivity index (χ3v) is 5.14. The topological polar surface area (TPSA) is 26.3 Å². The average molecular weight is 196 g/mol. The molecule has 0 N–H and O–H groups in total. The van der Waals surface area contributed by atoms with Crippen molar-refractivity contribution >= 4 is 5.97 Å². The van der Waals surface area contributed by atoms with Crippen LogP contribution in [0.25, 0.3) is 0 Å². The zero-order valence-corrected chi connectivity index (χ0v) is 9.59. The van der Waals surface area contributed by atoms with Crippen LogP contribution in [0.5, 0.6) is 0 Å². The zero-order chi connectivity index (χ0) is 10.6. The van der Waals surface area contributed by atoms with E-state index in [4.69, 9.17) is 4.74 Å². The SMILES string of the molecule is COC(=O)C12CCC(C1)C(C)(C)C2C. The van der Waals surface area contributed by atoms with Gasteiger partial charge in [0, 0.05) is 0 Å². The molecule has 80 valence electrons. The molecule has 0 radical (unpaired) electrons. The molecule has 0 heterocycles. The molecule has 2 nitrogen and oxygen atoms in total. The summed E-state index contributed by atoms with van der Waals surface area (Å²) in [5.41, 5.74) is 0.162. The van der Waals surface area contributed by atoms with E-state index in [-0.39, 0.29) is 11.4 Å². The van der Waals surface area contributed by atoms with Gasteiger partial charge >= 0.3 is 5.97 Å². The summed E-state index contributed by atoms with van der Waals surface area (Å²) in [6, 6.07) is 0. The molecular formula is C12H20O2. The summed E-state index contributed by atoms with van der Waals surface area (Å²) in [7, 11) is 1.52. The highest BCUT2D eigenvalue weighted by molar-refractivity contribution is 5.78. The highest BCUT2D eigenvalue weighted by Crippen LogP contribution is 2.66. The number of fused-ring (bicyclic) bond motifs is 2. The van der Waals surface area contributed by atoms with Crippen molar-refractivity contribution in [2.75, 3.05) is 7.11 Å². The van der Waals surface area contributed by atoms with Crippen LogP contribution in [0, 0.1) is 22.7 Å². The fraction of sp³-hybridized carbons (Fsp3) is 0.917. The molecule has 2 aliphatic carbocycles. The van der Waals surface area contributed by atoms with Gasteiger partial charge in [-0.2, -0.15) is 0 Å². The Balaban J connectivity index is 2.35. The number of carbonyl (C=O) groups is 1. The molecule has 0 aromatic carbocycles. The largest absolute Gasteiger partial charge is 0.469 e. The third kappa shape index (κ3) is 0.945. The first-order valence-electron chi connectivity index (χ1n) is 5.53. The number of hydrogen-bond acceptors (Lipinski definition) is 2. The standard InChI is InChI=1S/C12H20O2/c1-8-11(2,3)9-5-6-12(8,7-9)10(13)14-4/h8-9H,5-7H2,1-4H3. The van der Waals surface area contributed by atoms with E-state index < -0.39 is 0 Å². The Morgan fingerprint density at radius 1 is 1.43 bits per heavy atom. The van der Waals surface area contributed by atoms with Crippen molar-refractivity contribution in [3.05, 3.63) is 0 Å². The van der Waals surface area contributed by atoms with Crippen LogP contribution in [-0.2, 0) is 9.53 Å². The number of ether oxygens (including phenoxy) is 1. The van der Waals surface area contributed by atoms with Crippen molar-refractivity contribution < 1.29 is 9.53 Å². The van der Waals surface area contributed by atoms with E-state index in [0.717, 1.165) is 18.8 Å². The van der Waals surface area contributed by atoms with Gasteiger partial charge in [0.25, 0.3) is 0 Å². The second-order valence-corrected chi connectivity index (χ2v) is 5.63. The lowest BCUT2D eigenvalue weighted by molar-refractivity contribution is -0.156. The van der Waals surface area contributed by atoms with Gasteiger partial charge in [-0.15, -0.1) is 0 Å². The first-order valence-corrected chi connectivity index (χ1v) is 5.53. The van der Waals surface area contributed by atoms with Crippen molar-refractivity contribution in [3.8, 4) is 0 Å². The number of carbonyl (C=O) groups excluding carboxylic acids is 1. The molecule has 2 aliphatic rings. The maximum atomic E-state index is 11.9. The van der Waals surface area contributed by atoms with Crippen LogP contribution in [0.3, 0.4) is 0 Å². The quantitative estimate of drug-likeness (QED) is 0.603. The fourth-order valence-electron chi connectivity index (χ4n) is 3.74. The van der Waals surface area contributed by atoms with E-state index >= 15 is 0 Å². The summed E-state index contributed by atoms with van der Waals surface area (Å²) >= 11 is 0. The molecule has 2 fully saturated rings. The van der Waals surface area contributed by atoms with Gasteiger partial charge in [0.2, 0.25) is 0 Å². The van der Waals surface area contributed by atoms with Crippen LogP contribution in [0.15, 0.2) is 0 Å². The minimum absolute atomic E-state index is 0.0260. The van der Waals surface area contributed by atoms with Crippen molar-refractivity contribution in [2.45, 2.75) is 40.0 Å². The monoisotopic (exact) mass is 196 g/mol. The Bertz CT molecular complexity index is 269. The van der Waals surface area contributed by atoms with E-state index in [1.807, 2.05) is 0 Å². The van der Waals surface area contributed by atoms with E-state index in [1.165, 1.54) is 13.5 Å². The molecule has 2 saturated carbocycles. The van der Waals surface area contributed by atoms with E-state index in [1.54, 1.807) is 0 Å². The lowest BCUT2D eigenvalue weighted by atomic mass is 9.64. The molecule has 0 aliphatic heterocycles. The second kappa shape index (κ2) is 2.74. The first-order chi connectivity index (χ1) is 6.45. The summed E-state index contributed by atoms with van der Waals surface area (Å²) in [6.07, 6.45) is 3.29. The second-order valence-electron chi connectivity index (χ2n) is 5.63. The predicted octanol–water partition coefficient (Wildman–Crippen LogP) is 2.62. The molecular weight excluding hydrogens is 176 g/mol. The highest BCUT2D eigenvalue weighted by atomic mass is 16.5. The normalized spacial score (nSPS) is 44.0. The predicted molar refractivity (Wildman–Crippen MR) is 54.7 cm³/mol. The molecule has 0 amide bonds. The Morgan fingerprint density at radius 2 is 2.07 bits per heavy atom. The summed E-state index contributed by atoms with van der Waals surface area (Å²) in [5, 5.41) is 0. The molecule has 0 spiro atoms. The number of hydrogen-bond donors (Lipinski definition) is 0. The van der Waals surface area contributed by atoms with Crippen molar-refractivity contribution in [2.24, 2.45) is 22.7 Å². The smallest absolute Gasteiger partial charge is 0.312 e. The van der Waals surface area contributed by atoms with Gasteiger partial charge in [-0.1, -0.05) is 20.8 Å². The maximum absolute atomic E-state index is 11.9. The lowest BCUT2D eigenvalue weighted by Crippen LogP contribution is -2.40. The molecule has 2 bridgehead atoms. The first kappa shape index (κ1) is 10.0. The van der Waals surface area contributed by atoms with E-state index in [2.05, 4.69) is 20.8 Å². The average Bonchev–Trinajstić information content (AvgIpc) is 2.66. The number of rotatable bonds is 1. The fourth-order valence-corrected chi connectivity index (χ4v) is 3.74. The van der Waals surface area contributed by atoms with Gasteiger partial charge in [-0.3, -0.25) is 4.79 Å². The Hall–Kier alpha value is -0.530. The molecule has 0 saturated heterocycles. The third-order valence-electron chi connectivity index (χ3n) is 5.14. The van der Waals surface area contributed by atoms with Crippen LogP contribution in [0.4, 0.5) is 0 Å². The van der Waals surface area contributed by atoms with Crippen LogP contribution < -0.4 is 0 Å². The van der Waals surface area contributed by atoms with Gasteiger partial charge in [-0.25, -0.2) is 0 Å². The molecule has 0 aromatic heterocycles. The molecule has 3 atom stereocenters. The van der Waals surface area contributed by atoms with E-state index in [0.29, 0.717) is 11.3 Å². The molecule has 3 unspecified atom stereocenters. The van der Waals surface area contributed by atoms with Crippen molar-refractivity contribution in [1.29, 1.82) is 0 Å². The Labute approximate surface area is 86.0 Å². The Morgan fingerprint density at radius 3 is 2.50 bits per heavy atom. The van der Waals surface area contributed by atoms with Crippen LogP contribution in [0.2, 0.25) is 0 Å². The summed E-state index contributed by atoms with van der Waals surface area (Å²) in [6.45, 7) is 6.81. The Kier molecular flexibility index (Phi) is 1.96. The van der Waals surface area contributed by atoms with Gasteiger partial charge in [0.05, 0.1) is 12.5 Å². The maximum Gasteiger partial charge on any atom is 0.312 e. The zero-order valence-electron chi connectivity index (χ0n) is 9.59. The van der Waals surface area contributed by atoms with Crippen LogP contribution in [0.1, 0.15) is 40.0 Å². The molecule has 0 aromatic rings. The highest BCUT2D eigenvalue weighted by Gasteiger charge is 2.63. The van der Waals surface area contributed by atoms with Crippen molar-refractivity contribution in [3.63, 3.8) is 0 Å². The molecule has 14 heavy (non-hydrogen) atoms. The van der Waals surface area contributed by atoms with Gasteiger partial charge in [0.15, 0.2) is 0 Å². The minimum atomic E-state index is -0.150. The summed E-state index contributed by atoms with van der Waals surface area (Å²) in [4.78, 5) is 11.9. The molecule has 2 rings (SSSR count). The summed E-state index contributed by atoms with van der Waals surface area (Å²) in [5.74, 6) is 1.20. The lowest BCUT2D eigenvalue weighted by Gasteiger charge is -2.40. The molecule has 2 heteroatoms. The van der Waals surface area contributed by atoms with E-state index in [9.17, 15) is 4.79 Å². The van der Waals surface area contributed by atoms with Crippen LogP contribution >= 0.6 is 0 Å². The van der Waals surface area contributed by atoms with Crippen molar-refractivity contribution in [1.82, 2.24) is 0 Å². The van der Waals surface area contributed by atoms with Gasteiger partial charge < -0.3 is 4.74 Å². The summed E-state index contributed by atoms with van der Waals surface area (Å²) < 4.78 is 4.98.